The second kappa shape index (κ2) is 6.13. The van der Waals surface area contributed by atoms with Crippen molar-refractivity contribution in [2.45, 2.75) is 25.3 Å². The number of rotatable bonds is 3. The molecule has 0 bridgehead atoms. The number of imidazole rings is 1. The van der Waals surface area contributed by atoms with Gasteiger partial charge in [-0.15, -0.1) is 0 Å². The van der Waals surface area contributed by atoms with Gasteiger partial charge in [0.05, 0.1) is 11.0 Å². The van der Waals surface area contributed by atoms with Crippen molar-refractivity contribution in [1.29, 1.82) is 0 Å². The average molecular weight is 309 g/mol. The van der Waals surface area contributed by atoms with E-state index in [-0.39, 0.29) is 5.82 Å². The van der Waals surface area contributed by atoms with E-state index in [0.717, 1.165) is 54.9 Å². The Labute approximate surface area is 135 Å². The van der Waals surface area contributed by atoms with Crippen LogP contribution in [0.1, 0.15) is 30.1 Å². The summed E-state index contributed by atoms with van der Waals surface area (Å²) in [6.45, 7) is 2.88. The Hall–Kier alpha value is -2.20. The molecule has 4 heteroatoms. The zero-order chi connectivity index (χ0) is 15.6. The van der Waals surface area contributed by atoms with Crippen LogP contribution in [0.3, 0.4) is 0 Å². The maximum atomic E-state index is 13.3. The molecular weight excluding hydrogens is 289 g/mol. The lowest BCUT2D eigenvalue weighted by atomic mass is 9.96. The second-order valence-corrected chi connectivity index (χ2v) is 6.32. The Kier molecular flexibility index (Phi) is 3.83. The molecule has 0 spiro atoms. The lowest BCUT2D eigenvalue weighted by Gasteiger charge is -2.31. The van der Waals surface area contributed by atoms with E-state index in [1.807, 2.05) is 18.2 Å². The van der Waals surface area contributed by atoms with Gasteiger partial charge in [0, 0.05) is 12.5 Å². The van der Waals surface area contributed by atoms with Crippen molar-refractivity contribution in [2.75, 3.05) is 13.1 Å². The molecule has 118 valence electrons. The molecule has 0 atom stereocenters. The summed E-state index contributed by atoms with van der Waals surface area (Å²) >= 11 is 0. The Morgan fingerprint density at radius 3 is 2.70 bits per heavy atom. The van der Waals surface area contributed by atoms with Crippen molar-refractivity contribution in [3.05, 3.63) is 65.7 Å². The summed E-state index contributed by atoms with van der Waals surface area (Å²) in [5.41, 5.74) is 3.21. The van der Waals surface area contributed by atoms with Crippen LogP contribution in [0, 0.1) is 5.82 Å². The van der Waals surface area contributed by atoms with Crippen LogP contribution in [0.5, 0.6) is 0 Å². The molecule has 1 aliphatic heterocycles. The van der Waals surface area contributed by atoms with Gasteiger partial charge in [-0.05, 0) is 55.8 Å². The van der Waals surface area contributed by atoms with Crippen molar-refractivity contribution < 1.29 is 4.39 Å². The first-order valence-corrected chi connectivity index (χ1v) is 8.19. The molecule has 0 unspecified atom stereocenters. The van der Waals surface area contributed by atoms with Crippen LogP contribution in [-0.4, -0.2) is 28.0 Å². The zero-order valence-electron chi connectivity index (χ0n) is 13.0. The molecule has 0 amide bonds. The highest BCUT2D eigenvalue weighted by Crippen LogP contribution is 2.28. The lowest BCUT2D eigenvalue weighted by Crippen LogP contribution is -2.32. The first-order valence-electron chi connectivity index (χ1n) is 8.19. The number of nitrogens with one attached hydrogen (secondary N) is 1. The van der Waals surface area contributed by atoms with E-state index in [1.54, 1.807) is 12.1 Å². The van der Waals surface area contributed by atoms with E-state index in [0.29, 0.717) is 5.92 Å². The highest BCUT2D eigenvalue weighted by Gasteiger charge is 2.23. The van der Waals surface area contributed by atoms with E-state index in [1.165, 1.54) is 6.07 Å². The molecule has 3 nitrogen and oxygen atoms in total. The second-order valence-electron chi connectivity index (χ2n) is 6.32. The van der Waals surface area contributed by atoms with Crippen LogP contribution in [0.15, 0.2) is 48.5 Å². The minimum absolute atomic E-state index is 0.153. The Balaban J connectivity index is 1.40. The highest BCUT2D eigenvalue weighted by molar-refractivity contribution is 5.74. The number of H-pyrrole nitrogens is 1. The predicted molar refractivity (Wildman–Crippen MR) is 89.7 cm³/mol. The number of likely N-dealkylation sites (tertiary alicyclic amines) is 1. The first kappa shape index (κ1) is 14.4. The minimum Gasteiger partial charge on any atom is -0.342 e. The monoisotopic (exact) mass is 309 g/mol. The maximum Gasteiger partial charge on any atom is 0.123 e. The van der Waals surface area contributed by atoms with Crippen LogP contribution in [0.25, 0.3) is 11.0 Å². The molecule has 0 radical (unpaired) electrons. The van der Waals surface area contributed by atoms with Crippen molar-refractivity contribution >= 4 is 11.0 Å². The summed E-state index contributed by atoms with van der Waals surface area (Å²) < 4.78 is 13.3. The highest BCUT2D eigenvalue weighted by atomic mass is 19.1. The van der Waals surface area contributed by atoms with Crippen LogP contribution in [-0.2, 0) is 6.54 Å². The van der Waals surface area contributed by atoms with Gasteiger partial charge in [0.25, 0.3) is 0 Å². The lowest BCUT2D eigenvalue weighted by molar-refractivity contribution is 0.202. The Morgan fingerprint density at radius 1 is 1.09 bits per heavy atom. The van der Waals surface area contributed by atoms with Gasteiger partial charge in [-0.2, -0.15) is 0 Å². The fourth-order valence-corrected chi connectivity index (χ4v) is 3.42. The van der Waals surface area contributed by atoms with Gasteiger partial charge >= 0.3 is 0 Å². The number of hydrogen-bond acceptors (Lipinski definition) is 2. The van der Waals surface area contributed by atoms with Gasteiger partial charge in [0.1, 0.15) is 11.6 Å². The van der Waals surface area contributed by atoms with Crippen molar-refractivity contribution in [1.82, 2.24) is 14.9 Å². The molecule has 3 aromatic rings. The van der Waals surface area contributed by atoms with Crippen molar-refractivity contribution in [3.8, 4) is 0 Å². The number of aromatic amines is 1. The smallest absolute Gasteiger partial charge is 0.123 e. The standard InChI is InChI=1S/C19H20FN3/c20-16-5-3-4-14(12-16)13-23-10-8-15(9-11-23)19-21-17-6-1-2-7-18(17)22-19/h1-7,12,15H,8-11,13H2,(H,21,22). The van der Waals surface area contributed by atoms with Gasteiger partial charge in [-0.25, -0.2) is 9.37 Å². The molecule has 4 rings (SSSR count). The van der Waals surface area contributed by atoms with Gasteiger partial charge in [-0.1, -0.05) is 24.3 Å². The van der Waals surface area contributed by atoms with Gasteiger partial charge in [0.15, 0.2) is 0 Å². The topological polar surface area (TPSA) is 31.9 Å². The van der Waals surface area contributed by atoms with Crippen LogP contribution in [0.2, 0.25) is 0 Å². The summed E-state index contributed by atoms with van der Waals surface area (Å²) in [4.78, 5) is 10.6. The molecule has 2 heterocycles. The number of fused-ring (bicyclic) bond motifs is 1. The summed E-state index contributed by atoms with van der Waals surface area (Å²) in [6.07, 6.45) is 2.18. The molecular formula is C19H20FN3. The van der Waals surface area contributed by atoms with E-state index in [9.17, 15) is 4.39 Å². The predicted octanol–water partition coefficient (Wildman–Crippen LogP) is 4.08. The third kappa shape index (κ3) is 3.13. The molecule has 1 N–H and O–H groups in total. The summed E-state index contributed by atoms with van der Waals surface area (Å²) in [5, 5.41) is 0. The summed E-state index contributed by atoms with van der Waals surface area (Å²) in [7, 11) is 0. The molecule has 2 aromatic carbocycles. The Bertz CT molecular complexity index is 770. The maximum absolute atomic E-state index is 13.3. The molecule has 1 saturated heterocycles. The number of aromatic nitrogens is 2. The van der Waals surface area contributed by atoms with Crippen LogP contribution >= 0.6 is 0 Å². The third-order valence-corrected chi connectivity index (χ3v) is 4.68. The minimum atomic E-state index is -0.153. The van der Waals surface area contributed by atoms with E-state index >= 15 is 0 Å². The summed E-state index contributed by atoms with van der Waals surface area (Å²) in [6, 6.07) is 15.1. The Morgan fingerprint density at radius 2 is 1.91 bits per heavy atom. The molecule has 1 aromatic heterocycles. The van der Waals surface area contributed by atoms with E-state index in [2.05, 4.69) is 22.0 Å². The fraction of sp³-hybridized carbons (Fsp3) is 0.316. The third-order valence-electron chi connectivity index (χ3n) is 4.68. The van der Waals surface area contributed by atoms with E-state index in [4.69, 9.17) is 4.98 Å². The molecule has 1 fully saturated rings. The molecule has 0 aliphatic carbocycles. The normalized spacial score (nSPS) is 16.9. The molecule has 1 aliphatic rings. The van der Waals surface area contributed by atoms with Crippen LogP contribution < -0.4 is 0 Å². The zero-order valence-corrected chi connectivity index (χ0v) is 13.0. The SMILES string of the molecule is Fc1cccc(CN2CCC(c3nc4ccccc4[nH]3)CC2)c1. The molecule has 0 saturated carbocycles. The fourth-order valence-electron chi connectivity index (χ4n) is 3.42. The first-order chi connectivity index (χ1) is 11.3. The van der Waals surface area contributed by atoms with Gasteiger partial charge in [0.2, 0.25) is 0 Å². The molecule has 23 heavy (non-hydrogen) atoms. The number of benzene rings is 2. The van der Waals surface area contributed by atoms with Gasteiger partial charge in [-0.3, -0.25) is 4.90 Å². The van der Waals surface area contributed by atoms with Gasteiger partial charge < -0.3 is 4.98 Å². The number of hydrogen-bond donors (Lipinski definition) is 1. The number of nitrogens with zero attached hydrogens (tertiary/aromatic N) is 2. The quantitative estimate of drug-likeness (QED) is 0.790. The number of piperidine rings is 1. The van der Waals surface area contributed by atoms with Crippen molar-refractivity contribution in [2.24, 2.45) is 0 Å². The largest absolute Gasteiger partial charge is 0.342 e. The number of halogens is 1. The van der Waals surface area contributed by atoms with E-state index < -0.39 is 0 Å². The van der Waals surface area contributed by atoms with Crippen LogP contribution in [0.4, 0.5) is 4.39 Å². The average Bonchev–Trinajstić information content (AvgIpc) is 2.99. The summed E-state index contributed by atoms with van der Waals surface area (Å²) in [5.74, 6) is 1.45. The van der Waals surface area contributed by atoms with Crippen molar-refractivity contribution in [3.63, 3.8) is 0 Å². The number of para-hydroxylation sites is 2.